The first-order valence-corrected chi connectivity index (χ1v) is 6.29. The van der Waals surface area contributed by atoms with Crippen LogP contribution in [0.15, 0.2) is 12.1 Å². The molecule has 19 heavy (non-hydrogen) atoms. The molecular formula is C12H17F3N4. The largest absolute Gasteiger partial charge is 0.435 e. The summed E-state index contributed by atoms with van der Waals surface area (Å²) in [5, 5.41) is 6.90. The molecule has 0 saturated carbocycles. The molecule has 1 fully saturated rings. The van der Waals surface area contributed by atoms with Crippen LogP contribution in [0.1, 0.15) is 25.5 Å². The number of alkyl halides is 3. The van der Waals surface area contributed by atoms with Gasteiger partial charge in [0.2, 0.25) is 0 Å². The molecule has 1 saturated heterocycles. The van der Waals surface area contributed by atoms with Gasteiger partial charge in [0.1, 0.15) is 0 Å². The van der Waals surface area contributed by atoms with Gasteiger partial charge in [0.25, 0.3) is 0 Å². The van der Waals surface area contributed by atoms with E-state index in [1.807, 2.05) is 11.8 Å². The highest BCUT2D eigenvalue weighted by molar-refractivity contribution is 5.38. The van der Waals surface area contributed by atoms with E-state index in [4.69, 9.17) is 5.73 Å². The van der Waals surface area contributed by atoms with E-state index in [0.717, 1.165) is 32.0 Å². The molecule has 0 aliphatic carbocycles. The first-order valence-electron chi connectivity index (χ1n) is 6.29. The zero-order valence-corrected chi connectivity index (χ0v) is 10.7. The Hall–Kier alpha value is -1.37. The molecule has 7 heteroatoms. The third-order valence-corrected chi connectivity index (χ3v) is 3.55. The number of aromatic nitrogens is 2. The van der Waals surface area contributed by atoms with Crippen molar-refractivity contribution >= 4 is 5.82 Å². The topological polar surface area (TPSA) is 55.0 Å². The third kappa shape index (κ3) is 3.34. The van der Waals surface area contributed by atoms with Gasteiger partial charge in [-0.3, -0.25) is 0 Å². The molecule has 106 valence electrons. The molecule has 0 radical (unpaired) electrons. The number of hydrogen-bond acceptors (Lipinski definition) is 4. The highest BCUT2D eigenvalue weighted by Gasteiger charge is 2.33. The Balaban J connectivity index is 2.00. The average Bonchev–Trinajstić information content (AvgIpc) is 2.38. The molecule has 1 atom stereocenters. The minimum Gasteiger partial charge on any atom is -0.355 e. The van der Waals surface area contributed by atoms with Crippen LogP contribution in [0.4, 0.5) is 19.0 Å². The Morgan fingerprint density at radius 2 is 1.89 bits per heavy atom. The average molecular weight is 274 g/mol. The summed E-state index contributed by atoms with van der Waals surface area (Å²) >= 11 is 0. The van der Waals surface area contributed by atoms with Crippen LogP contribution in [0.25, 0.3) is 0 Å². The zero-order valence-electron chi connectivity index (χ0n) is 10.7. The highest BCUT2D eigenvalue weighted by atomic mass is 19.4. The smallest absolute Gasteiger partial charge is 0.355 e. The third-order valence-electron chi connectivity index (χ3n) is 3.55. The summed E-state index contributed by atoms with van der Waals surface area (Å²) < 4.78 is 37.1. The van der Waals surface area contributed by atoms with Crippen molar-refractivity contribution < 1.29 is 13.2 Å². The van der Waals surface area contributed by atoms with Gasteiger partial charge in [0.05, 0.1) is 0 Å². The van der Waals surface area contributed by atoms with Crippen molar-refractivity contribution in [1.29, 1.82) is 0 Å². The van der Waals surface area contributed by atoms with Crippen LogP contribution < -0.4 is 10.6 Å². The Morgan fingerprint density at radius 3 is 2.32 bits per heavy atom. The maximum atomic E-state index is 12.4. The van der Waals surface area contributed by atoms with Gasteiger partial charge in [0.15, 0.2) is 11.5 Å². The van der Waals surface area contributed by atoms with E-state index in [1.54, 1.807) is 0 Å². The van der Waals surface area contributed by atoms with Gasteiger partial charge in [-0.1, -0.05) is 0 Å². The van der Waals surface area contributed by atoms with Crippen LogP contribution in [0.3, 0.4) is 0 Å². The summed E-state index contributed by atoms with van der Waals surface area (Å²) in [4.78, 5) is 1.95. The van der Waals surface area contributed by atoms with Gasteiger partial charge in [-0.15, -0.1) is 10.2 Å². The van der Waals surface area contributed by atoms with Crippen LogP contribution in [0.2, 0.25) is 0 Å². The first-order chi connectivity index (χ1) is 8.88. The number of piperidine rings is 1. The van der Waals surface area contributed by atoms with Crippen LogP contribution in [0, 0.1) is 5.92 Å². The lowest BCUT2D eigenvalue weighted by Gasteiger charge is -2.34. The van der Waals surface area contributed by atoms with Crippen molar-refractivity contribution in [2.24, 2.45) is 11.7 Å². The molecule has 1 aliphatic rings. The lowest BCUT2D eigenvalue weighted by molar-refractivity contribution is -0.141. The fourth-order valence-electron chi connectivity index (χ4n) is 2.30. The fourth-order valence-corrected chi connectivity index (χ4v) is 2.30. The molecule has 0 spiro atoms. The molecule has 2 N–H and O–H groups in total. The molecule has 0 bridgehead atoms. The predicted molar refractivity (Wildman–Crippen MR) is 65.6 cm³/mol. The van der Waals surface area contributed by atoms with E-state index in [0.29, 0.717) is 11.7 Å². The second-order valence-electron chi connectivity index (χ2n) is 4.96. The molecule has 0 amide bonds. The van der Waals surface area contributed by atoms with Crippen molar-refractivity contribution in [3.8, 4) is 0 Å². The van der Waals surface area contributed by atoms with E-state index < -0.39 is 11.9 Å². The summed E-state index contributed by atoms with van der Waals surface area (Å²) in [7, 11) is 0. The fraction of sp³-hybridized carbons (Fsp3) is 0.667. The van der Waals surface area contributed by atoms with E-state index in [2.05, 4.69) is 10.2 Å². The van der Waals surface area contributed by atoms with Gasteiger partial charge >= 0.3 is 6.18 Å². The molecule has 0 aromatic carbocycles. The molecular weight excluding hydrogens is 257 g/mol. The number of halogens is 3. The quantitative estimate of drug-likeness (QED) is 0.897. The van der Waals surface area contributed by atoms with Crippen molar-refractivity contribution in [3.63, 3.8) is 0 Å². The van der Waals surface area contributed by atoms with Gasteiger partial charge < -0.3 is 10.6 Å². The molecule has 2 heterocycles. The summed E-state index contributed by atoms with van der Waals surface area (Å²) in [6, 6.07) is 2.50. The number of anilines is 1. The second-order valence-corrected chi connectivity index (χ2v) is 4.96. The highest BCUT2D eigenvalue weighted by Crippen LogP contribution is 2.28. The van der Waals surface area contributed by atoms with Crippen molar-refractivity contribution in [2.45, 2.75) is 32.0 Å². The zero-order chi connectivity index (χ0) is 14.0. The first kappa shape index (κ1) is 14.0. The standard InChI is InChI=1S/C12H17F3N4/c1-8(16)9-4-6-19(7-5-9)11-3-2-10(17-18-11)12(13,14)15/h2-3,8-9H,4-7,16H2,1H3. The summed E-state index contributed by atoms with van der Waals surface area (Å²) in [5.74, 6) is 0.967. The van der Waals surface area contributed by atoms with Crippen LogP contribution in [-0.4, -0.2) is 29.3 Å². The van der Waals surface area contributed by atoms with Gasteiger partial charge in [-0.25, -0.2) is 0 Å². The molecule has 1 unspecified atom stereocenters. The van der Waals surface area contributed by atoms with Crippen molar-refractivity contribution in [1.82, 2.24) is 10.2 Å². The number of rotatable bonds is 2. The molecule has 1 aromatic rings. The van der Waals surface area contributed by atoms with Crippen LogP contribution in [0.5, 0.6) is 0 Å². The lowest BCUT2D eigenvalue weighted by atomic mass is 9.91. The number of nitrogens with two attached hydrogens (primary N) is 1. The Kier molecular flexibility index (Phi) is 3.93. The normalized spacial score (nSPS) is 19.5. The monoisotopic (exact) mass is 274 g/mol. The number of hydrogen-bond donors (Lipinski definition) is 1. The minimum absolute atomic E-state index is 0.154. The van der Waals surface area contributed by atoms with Gasteiger partial charge in [-0.2, -0.15) is 13.2 Å². The summed E-state index contributed by atoms with van der Waals surface area (Å²) in [6.45, 7) is 3.50. The number of nitrogens with zero attached hydrogens (tertiary/aromatic N) is 3. The predicted octanol–water partition coefficient (Wildman–Crippen LogP) is 2.06. The SMILES string of the molecule is CC(N)C1CCN(c2ccc(C(F)(F)F)nn2)CC1. The van der Waals surface area contributed by atoms with Gasteiger partial charge in [-0.05, 0) is 37.8 Å². The maximum absolute atomic E-state index is 12.4. The lowest BCUT2D eigenvalue weighted by Crippen LogP contribution is -2.40. The second kappa shape index (κ2) is 5.32. The van der Waals surface area contributed by atoms with Crippen LogP contribution >= 0.6 is 0 Å². The molecule has 1 aliphatic heterocycles. The maximum Gasteiger partial charge on any atom is 0.435 e. The van der Waals surface area contributed by atoms with Crippen LogP contribution in [-0.2, 0) is 6.18 Å². The Morgan fingerprint density at radius 1 is 1.26 bits per heavy atom. The van der Waals surface area contributed by atoms with Crippen molar-refractivity contribution in [3.05, 3.63) is 17.8 Å². The minimum atomic E-state index is -4.44. The van der Waals surface area contributed by atoms with Crippen molar-refractivity contribution in [2.75, 3.05) is 18.0 Å². The molecule has 1 aromatic heterocycles. The summed E-state index contributed by atoms with van der Waals surface area (Å²) in [6.07, 6.45) is -2.58. The Bertz CT molecular complexity index is 408. The van der Waals surface area contributed by atoms with Gasteiger partial charge in [0, 0.05) is 19.1 Å². The Labute approximate surface area is 109 Å². The van der Waals surface area contributed by atoms with E-state index in [-0.39, 0.29) is 6.04 Å². The van der Waals surface area contributed by atoms with E-state index in [1.165, 1.54) is 6.07 Å². The molecule has 2 rings (SSSR count). The van der Waals surface area contributed by atoms with E-state index in [9.17, 15) is 13.2 Å². The summed E-state index contributed by atoms with van der Waals surface area (Å²) in [5.41, 5.74) is 4.89. The molecule has 4 nitrogen and oxygen atoms in total. The van der Waals surface area contributed by atoms with E-state index >= 15 is 0 Å².